The van der Waals surface area contributed by atoms with Gasteiger partial charge in [0, 0.05) is 17.5 Å². The Morgan fingerprint density at radius 3 is 2.56 bits per heavy atom. The molecule has 0 N–H and O–H groups in total. The zero-order valence-electron chi connectivity index (χ0n) is 15.0. The second kappa shape index (κ2) is 7.72. The van der Waals surface area contributed by atoms with Crippen LogP contribution in [0.1, 0.15) is 15.9 Å². The van der Waals surface area contributed by atoms with Crippen LogP contribution in [0.2, 0.25) is 5.02 Å². The van der Waals surface area contributed by atoms with Gasteiger partial charge in [0.1, 0.15) is 22.8 Å². The van der Waals surface area contributed by atoms with Crippen LogP contribution in [0.15, 0.2) is 45.6 Å². The summed E-state index contributed by atoms with van der Waals surface area (Å²) >= 11 is 6.25. The van der Waals surface area contributed by atoms with Crippen LogP contribution in [0, 0.1) is 6.92 Å². The van der Waals surface area contributed by atoms with E-state index in [2.05, 4.69) is 0 Å². The van der Waals surface area contributed by atoms with E-state index in [9.17, 15) is 9.59 Å². The zero-order valence-corrected chi connectivity index (χ0v) is 15.8. The maximum Gasteiger partial charge on any atom is 0.336 e. The first-order chi connectivity index (χ1) is 12.9. The monoisotopic (exact) mass is 388 g/mol. The normalized spacial score (nSPS) is 10.7. The second-order valence-corrected chi connectivity index (χ2v) is 6.21. The first-order valence-electron chi connectivity index (χ1n) is 8.05. The van der Waals surface area contributed by atoms with E-state index in [-0.39, 0.29) is 18.1 Å². The highest BCUT2D eigenvalue weighted by molar-refractivity contribution is 6.32. The van der Waals surface area contributed by atoms with Gasteiger partial charge in [0.25, 0.3) is 0 Å². The lowest BCUT2D eigenvalue weighted by Crippen LogP contribution is -2.13. The summed E-state index contributed by atoms with van der Waals surface area (Å²) in [6.45, 7) is 1.51. The van der Waals surface area contributed by atoms with Gasteiger partial charge in [-0.1, -0.05) is 11.6 Å². The molecule has 0 spiro atoms. The van der Waals surface area contributed by atoms with E-state index in [1.807, 2.05) is 0 Å². The lowest BCUT2D eigenvalue weighted by atomic mass is 10.1. The molecule has 0 fully saturated rings. The van der Waals surface area contributed by atoms with Crippen molar-refractivity contribution in [2.45, 2.75) is 6.92 Å². The van der Waals surface area contributed by atoms with Crippen molar-refractivity contribution in [3.8, 4) is 17.2 Å². The largest absolute Gasteiger partial charge is 0.497 e. The molecule has 0 amide bonds. The van der Waals surface area contributed by atoms with Crippen molar-refractivity contribution in [1.82, 2.24) is 0 Å². The molecule has 6 nitrogen and oxygen atoms in total. The van der Waals surface area contributed by atoms with Crippen molar-refractivity contribution in [1.29, 1.82) is 0 Å². The average molecular weight is 389 g/mol. The summed E-state index contributed by atoms with van der Waals surface area (Å²) in [6.07, 6.45) is 0. The Labute approximate surface area is 160 Å². The van der Waals surface area contributed by atoms with Crippen LogP contribution >= 0.6 is 11.6 Å². The maximum absolute atomic E-state index is 12.6. The van der Waals surface area contributed by atoms with Gasteiger partial charge in [0.2, 0.25) is 5.78 Å². The Hall–Kier alpha value is -2.99. The molecule has 0 aliphatic carbocycles. The number of hydrogen-bond acceptors (Lipinski definition) is 6. The van der Waals surface area contributed by atoms with E-state index in [4.69, 9.17) is 30.2 Å². The number of ketones is 1. The number of aryl methyl sites for hydroxylation is 1. The lowest BCUT2D eigenvalue weighted by molar-refractivity contribution is 0.0918. The molecule has 0 saturated carbocycles. The van der Waals surface area contributed by atoms with Crippen molar-refractivity contribution in [2.24, 2.45) is 0 Å². The first kappa shape index (κ1) is 18.8. The van der Waals surface area contributed by atoms with Gasteiger partial charge in [-0.05, 0) is 36.8 Å². The second-order valence-electron chi connectivity index (χ2n) is 5.81. The van der Waals surface area contributed by atoms with Crippen LogP contribution in [0.3, 0.4) is 0 Å². The Balaban J connectivity index is 1.87. The number of carbonyl (C=O) groups is 1. The molecular formula is C20H17ClO6. The quantitative estimate of drug-likeness (QED) is 0.468. The summed E-state index contributed by atoms with van der Waals surface area (Å²) in [5.41, 5.74) is 0.944. The third kappa shape index (κ3) is 3.90. The number of rotatable bonds is 6. The standard InChI is InChI=1S/C20H17ClO6/c1-11-6-20(23)27-18-9-19(15(21)8-13(11)18)26-10-16(22)14-7-12(24-2)4-5-17(14)25-3/h4-9H,10H2,1-3H3. The molecule has 0 saturated heterocycles. The van der Waals surface area contributed by atoms with Crippen LogP contribution in [0.25, 0.3) is 11.0 Å². The molecule has 2 aromatic carbocycles. The summed E-state index contributed by atoms with van der Waals surface area (Å²) in [5, 5.41) is 1.01. The summed E-state index contributed by atoms with van der Waals surface area (Å²) in [5.74, 6) is 0.872. The molecule has 1 heterocycles. The third-order valence-corrected chi connectivity index (χ3v) is 4.37. The minimum atomic E-state index is -0.467. The molecule has 1 aromatic heterocycles. The summed E-state index contributed by atoms with van der Waals surface area (Å²) in [6, 6.07) is 9.45. The molecule has 3 rings (SSSR count). The molecule has 0 bridgehead atoms. The Morgan fingerprint density at radius 2 is 1.85 bits per heavy atom. The Kier molecular flexibility index (Phi) is 5.37. The topological polar surface area (TPSA) is 75.0 Å². The van der Waals surface area contributed by atoms with Crippen molar-refractivity contribution < 1.29 is 23.4 Å². The number of hydrogen-bond donors (Lipinski definition) is 0. The van der Waals surface area contributed by atoms with E-state index >= 15 is 0 Å². The van der Waals surface area contributed by atoms with Crippen LogP contribution in [-0.4, -0.2) is 26.6 Å². The summed E-state index contributed by atoms with van der Waals surface area (Å²) in [4.78, 5) is 24.1. The Bertz CT molecular complexity index is 1070. The van der Waals surface area contributed by atoms with Gasteiger partial charge < -0.3 is 18.6 Å². The lowest BCUT2D eigenvalue weighted by Gasteiger charge is -2.12. The molecule has 27 heavy (non-hydrogen) atoms. The molecule has 0 radical (unpaired) electrons. The summed E-state index contributed by atoms with van der Waals surface area (Å²) < 4.78 is 21.1. The zero-order chi connectivity index (χ0) is 19.6. The van der Waals surface area contributed by atoms with Gasteiger partial charge >= 0.3 is 5.63 Å². The van der Waals surface area contributed by atoms with Crippen LogP contribution in [0.4, 0.5) is 0 Å². The molecule has 0 aliphatic heterocycles. The molecule has 7 heteroatoms. The predicted octanol–water partition coefficient (Wildman–Crippen LogP) is 4.03. The van der Waals surface area contributed by atoms with Crippen molar-refractivity contribution in [3.05, 3.63) is 63.0 Å². The van der Waals surface area contributed by atoms with Gasteiger partial charge in [0.05, 0.1) is 24.8 Å². The SMILES string of the molecule is COc1ccc(OC)c(C(=O)COc2cc3oc(=O)cc(C)c3cc2Cl)c1. The maximum atomic E-state index is 12.6. The number of ether oxygens (including phenoxy) is 3. The van der Waals surface area contributed by atoms with E-state index in [1.165, 1.54) is 26.4 Å². The highest BCUT2D eigenvalue weighted by atomic mass is 35.5. The van der Waals surface area contributed by atoms with E-state index in [1.54, 1.807) is 31.2 Å². The van der Waals surface area contributed by atoms with Crippen LogP contribution in [-0.2, 0) is 0 Å². The van der Waals surface area contributed by atoms with E-state index < -0.39 is 5.63 Å². The highest BCUT2D eigenvalue weighted by Gasteiger charge is 2.16. The van der Waals surface area contributed by atoms with Gasteiger partial charge in [0.15, 0.2) is 6.61 Å². The fourth-order valence-electron chi connectivity index (χ4n) is 2.68. The van der Waals surface area contributed by atoms with Crippen LogP contribution in [0.5, 0.6) is 17.2 Å². The smallest absolute Gasteiger partial charge is 0.336 e. The van der Waals surface area contributed by atoms with Crippen molar-refractivity contribution in [3.63, 3.8) is 0 Å². The fourth-order valence-corrected chi connectivity index (χ4v) is 2.90. The molecular weight excluding hydrogens is 372 g/mol. The Morgan fingerprint density at radius 1 is 1.07 bits per heavy atom. The fraction of sp³-hybridized carbons (Fsp3) is 0.200. The molecule has 0 unspecified atom stereocenters. The van der Waals surface area contributed by atoms with Crippen LogP contribution < -0.4 is 19.8 Å². The van der Waals surface area contributed by atoms with E-state index in [0.29, 0.717) is 33.1 Å². The van der Waals surface area contributed by atoms with Gasteiger partial charge in [-0.3, -0.25) is 4.79 Å². The summed E-state index contributed by atoms with van der Waals surface area (Å²) in [7, 11) is 2.99. The van der Waals surface area contributed by atoms with Gasteiger partial charge in [-0.15, -0.1) is 0 Å². The molecule has 0 aliphatic rings. The highest BCUT2D eigenvalue weighted by Crippen LogP contribution is 2.31. The number of halogens is 1. The average Bonchev–Trinajstić information content (AvgIpc) is 2.66. The van der Waals surface area contributed by atoms with Crippen molar-refractivity contribution in [2.75, 3.05) is 20.8 Å². The molecule has 140 valence electrons. The number of carbonyl (C=O) groups excluding carboxylic acids is 1. The molecule has 0 atom stereocenters. The minimum Gasteiger partial charge on any atom is -0.497 e. The number of fused-ring (bicyclic) bond motifs is 1. The number of Topliss-reactive ketones (excluding diaryl/α,β-unsaturated/α-hetero) is 1. The van der Waals surface area contributed by atoms with Gasteiger partial charge in [-0.2, -0.15) is 0 Å². The number of methoxy groups -OCH3 is 2. The number of benzene rings is 2. The first-order valence-corrected chi connectivity index (χ1v) is 8.42. The minimum absolute atomic E-state index is 0.244. The van der Waals surface area contributed by atoms with Crippen molar-refractivity contribution >= 4 is 28.4 Å². The van der Waals surface area contributed by atoms with E-state index in [0.717, 1.165) is 5.56 Å². The van der Waals surface area contributed by atoms with Gasteiger partial charge in [-0.25, -0.2) is 4.79 Å². The molecule has 3 aromatic rings. The third-order valence-electron chi connectivity index (χ3n) is 4.07. The predicted molar refractivity (Wildman–Crippen MR) is 102 cm³/mol.